The van der Waals surface area contributed by atoms with Crippen LogP contribution >= 0.6 is 11.8 Å². The fourth-order valence-electron chi connectivity index (χ4n) is 7.91. The fourth-order valence-corrected chi connectivity index (χ4v) is 8.39. The first kappa shape index (κ1) is 67.7. The van der Waals surface area contributed by atoms with Crippen molar-refractivity contribution < 1.29 is 73.2 Å². The first-order chi connectivity index (χ1) is 35.7. The van der Waals surface area contributed by atoms with Crippen LogP contribution in [0.15, 0.2) is 4.99 Å². The molecule has 1 saturated heterocycles. The second-order valence-electron chi connectivity index (χ2n) is 19.2. The van der Waals surface area contributed by atoms with Crippen molar-refractivity contribution in [1.29, 1.82) is 0 Å². The number of rotatable bonds is 37. The molecule has 29 heteroatoms. The summed E-state index contributed by atoms with van der Waals surface area (Å²) >= 11 is 1.35. The van der Waals surface area contributed by atoms with Gasteiger partial charge in [-0.05, 0) is 102 Å². The zero-order valence-corrected chi connectivity index (χ0v) is 45.2. The van der Waals surface area contributed by atoms with Gasteiger partial charge in [-0.15, -0.1) is 0 Å². The number of hydrogen-bond donors (Lipinski definition) is 15. The first-order valence-corrected chi connectivity index (χ1v) is 26.9. The number of carboxylic acid groups (broad SMARTS) is 3. The molecule has 0 bridgehead atoms. The van der Waals surface area contributed by atoms with Crippen molar-refractivity contribution in [3.63, 3.8) is 0 Å². The van der Waals surface area contributed by atoms with E-state index < -0.39 is 145 Å². The van der Waals surface area contributed by atoms with Gasteiger partial charge in [0, 0.05) is 19.5 Å². The SMILES string of the molecule is CC[C@H](C)[C@H](N)C(=O)N[C@@H](CCSC)C(=O)N[C@@H](CC(=O)O)C(=O)N[C@@H](CCCN=C(N)N)C(=O)N[C@H](C(=O)N1CCC[C@H]1C(=O)N[C@@H](CCC(=O)O)C(=O)N[C@@H](CCCCN)C(=O)N[C@@H](CC(C)C)C(=O)O)[C@@H](C)O. The number of amides is 8. The summed E-state index contributed by atoms with van der Waals surface area (Å²) in [5.74, 6) is -12.0. The molecule has 28 nitrogen and oxygen atoms in total. The number of nitrogens with zero attached hydrogens (tertiary/aromatic N) is 2. The number of thioether (sulfide) groups is 1. The van der Waals surface area contributed by atoms with Gasteiger partial charge in [-0.2, -0.15) is 11.8 Å². The molecule has 1 fully saturated rings. The Morgan fingerprint density at radius 2 is 1.18 bits per heavy atom. The molecule has 432 valence electrons. The van der Waals surface area contributed by atoms with Crippen LogP contribution in [0.2, 0.25) is 0 Å². The van der Waals surface area contributed by atoms with Crippen LogP contribution in [0.1, 0.15) is 118 Å². The van der Waals surface area contributed by atoms with Gasteiger partial charge in [-0.1, -0.05) is 34.1 Å². The number of nitrogens with two attached hydrogens (primary N) is 4. The maximum absolute atomic E-state index is 14.3. The van der Waals surface area contributed by atoms with Crippen molar-refractivity contribution in [2.45, 2.75) is 179 Å². The third kappa shape index (κ3) is 24.6. The molecule has 0 aromatic heterocycles. The smallest absolute Gasteiger partial charge is 0.326 e. The van der Waals surface area contributed by atoms with Gasteiger partial charge in [0.2, 0.25) is 47.3 Å². The van der Waals surface area contributed by atoms with Crippen molar-refractivity contribution in [3.05, 3.63) is 0 Å². The van der Waals surface area contributed by atoms with Crippen molar-refractivity contribution in [2.75, 3.05) is 31.6 Å². The van der Waals surface area contributed by atoms with E-state index in [1.165, 1.54) is 11.8 Å². The van der Waals surface area contributed by atoms with Crippen molar-refractivity contribution in [3.8, 4) is 0 Å². The third-order valence-corrected chi connectivity index (χ3v) is 13.1. The van der Waals surface area contributed by atoms with Crippen LogP contribution in [0.4, 0.5) is 0 Å². The Bertz CT molecular complexity index is 2010. The number of guanidine groups is 1. The maximum atomic E-state index is 14.3. The van der Waals surface area contributed by atoms with Gasteiger partial charge in [-0.25, -0.2) is 4.79 Å². The van der Waals surface area contributed by atoms with Crippen molar-refractivity contribution in [1.82, 2.24) is 42.1 Å². The largest absolute Gasteiger partial charge is 0.481 e. The van der Waals surface area contributed by atoms with Crippen LogP contribution < -0.4 is 60.2 Å². The molecule has 0 saturated carbocycles. The van der Waals surface area contributed by atoms with E-state index in [2.05, 4.69) is 42.2 Å². The lowest BCUT2D eigenvalue weighted by Gasteiger charge is -2.32. The summed E-state index contributed by atoms with van der Waals surface area (Å²) in [4.78, 5) is 151. The minimum atomic E-state index is -1.81. The average molecular weight is 1100 g/mol. The Morgan fingerprint density at radius 1 is 0.671 bits per heavy atom. The number of aliphatic hydroxyl groups excluding tert-OH is 1. The topological polar surface area (TPSA) is 473 Å². The van der Waals surface area contributed by atoms with Crippen molar-refractivity contribution >= 4 is 82.9 Å². The number of carboxylic acids is 3. The van der Waals surface area contributed by atoms with Crippen LogP contribution in [0, 0.1) is 11.8 Å². The number of nitrogens with one attached hydrogen (secondary N) is 7. The van der Waals surface area contributed by atoms with Gasteiger partial charge >= 0.3 is 17.9 Å². The molecule has 76 heavy (non-hydrogen) atoms. The molecular weight excluding hydrogens is 1020 g/mol. The Hall–Kier alpha value is -6.33. The first-order valence-electron chi connectivity index (χ1n) is 25.5. The Labute approximate surface area is 446 Å². The molecule has 1 aliphatic rings. The van der Waals surface area contributed by atoms with E-state index in [0.29, 0.717) is 25.0 Å². The Balaban J connectivity index is 3.51. The molecule has 19 N–H and O–H groups in total. The molecule has 1 rings (SSSR count). The summed E-state index contributed by atoms with van der Waals surface area (Å²) in [6, 6.07) is -13.0. The van der Waals surface area contributed by atoms with Gasteiger partial charge < -0.3 is 85.5 Å². The second-order valence-corrected chi connectivity index (χ2v) is 20.2. The molecule has 1 heterocycles. The number of hydrogen-bond acceptors (Lipinski definition) is 16. The van der Waals surface area contributed by atoms with Crippen LogP contribution in [-0.2, 0) is 52.7 Å². The van der Waals surface area contributed by atoms with E-state index in [4.69, 9.17) is 22.9 Å². The van der Waals surface area contributed by atoms with Crippen molar-refractivity contribution in [2.24, 2.45) is 39.8 Å². The van der Waals surface area contributed by atoms with Gasteiger partial charge in [0.05, 0.1) is 18.6 Å². The minimum Gasteiger partial charge on any atom is -0.481 e. The van der Waals surface area contributed by atoms with Crippen LogP contribution in [-0.4, -0.2) is 189 Å². The molecular formula is C47H83N13O15S. The van der Waals surface area contributed by atoms with Gasteiger partial charge in [-0.3, -0.25) is 52.9 Å². The second kappa shape index (κ2) is 35.1. The van der Waals surface area contributed by atoms with Gasteiger partial charge in [0.1, 0.15) is 48.3 Å². The predicted octanol–water partition coefficient (Wildman–Crippen LogP) is -3.47. The summed E-state index contributed by atoms with van der Waals surface area (Å²) in [6.07, 6.45) is -0.499. The number of carbonyl (C=O) groups excluding carboxylic acids is 8. The highest BCUT2D eigenvalue weighted by atomic mass is 32.2. The zero-order valence-electron chi connectivity index (χ0n) is 44.3. The molecule has 0 spiro atoms. The Kier molecular flexibility index (Phi) is 31.2. The lowest BCUT2D eigenvalue weighted by molar-refractivity contribution is -0.145. The number of aliphatic imine (C=N–C) groups is 1. The van der Waals surface area contributed by atoms with E-state index in [9.17, 15) is 73.2 Å². The quantitative estimate of drug-likeness (QED) is 0.0163. The van der Waals surface area contributed by atoms with Gasteiger partial charge in [0.15, 0.2) is 5.96 Å². The maximum Gasteiger partial charge on any atom is 0.326 e. The lowest BCUT2D eigenvalue weighted by Crippen LogP contribution is -2.62. The fraction of sp³-hybridized carbons (Fsp3) is 0.745. The zero-order chi connectivity index (χ0) is 57.8. The highest BCUT2D eigenvalue weighted by molar-refractivity contribution is 7.98. The summed E-state index contributed by atoms with van der Waals surface area (Å²) < 4.78 is 0. The van der Waals surface area contributed by atoms with Gasteiger partial charge in [0.25, 0.3) is 0 Å². The number of aliphatic hydroxyl groups is 1. The summed E-state index contributed by atoms with van der Waals surface area (Å²) in [5.41, 5.74) is 22.6. The van der Waals surface area contributed by atoms with E-state index in [1.807, 2.05) is 6.92 Å². The molecule has 0 unspecified atom stereocenters. The molecule has 0 radical (unpaired) electrons. The van der Waals surface area contributed by atoms with Crippen LogP contribution in [0.5, 0.6) is 0 Å². The molecule has 0 aromatic rings. The highest BCUT2D eigenvalue weighted by Gasteiger charge is 2.42. The minimum absolute atomic E-state index is 0.00844. The highest BCUT2D eigenvalue weighted by Crippen LogP contribution is 2.21. The molecule has 1 aliphatic heterocycles. The summed E-state index contributed by atoms with van der Waals surface area (Å²) in [6.45, 7) is 8.34. The standard InChI is InChI=1S/C47H83N13O15S/c1-7-25(4)36(49)44(72)56-30(17-21-76-6)40(68)57-31(23-35(64)65)42(70)54-28(13-10-19-52-47(50)51)41(69)59-37(26(5)61)45(73)60-20-11-14-33(60)43(71)55-29(15-16-34(62)63)39(67)53-27(12-8-9-18-48)38(66)58-32(46(74)75)22-24(2)3/h24-33,36-37,61H,7-23,48-49H2,1-6H3,(H,53,67)(H,54,70)(H,55,71)(H,56,72)(H,57,68)(H,58,66)(H,59,69)(H,62,63)(H,64,65)(H,74,75)(H4,50,51,52)/t25-,26+,27-,28-,29-,30-,31-,32-,33-,36-,37-/m0/s1. The predicted molar refractivity (Wildman–Crippen MR) is 279 cm³/mol. The molecule has 8 amide bonds. The van der Waals surface area contributed by atoms with E-state index in [1.54, 1.807) is 27.0 Å². The Morgan fingerprint density at radius 3 is 1.68 bits per heavy atom. The molecule has 11 atom stereocenters. The summed E-state index contributed by atoms with van der Waals surface area (Å²) in [5, 5.41) is 57.1. The van der Waals surface area contributed by atoms with Crippen LogP contribution in [0.3, 0.4) is 0 Å². The summed E-state index contributed by atoms with van der Waals surface area (Å²) in [7, 11) is 0. The van der Waals surface area contributed by atoms with E-state index in [0.717, 1.165) is 11.8 Å². The average Bonchev–Trinajstić information content (AvgIpc) is 3.85. The molecule has 0 aliphatic carbocycles. The number of unbranched alkanes of at least 4 members (excludes halogenated alkanes) is 1. The normalized spacial score (nSPS) is 17.1. The lowest BCUT2D eigenvalue weighted by atomic mass is 9.99. The molecule has 0 aromatic carbocycles. The number of likely N-dealkylation sites (tertiary alicyclic amines) is 1. The third-order valence-electron chi connectivity index (χ3n) is 12.5. The monoisotopic (exact) mass is 1100 g/mol. The van der Waals surface area contributed by atoms with E-state index >= 15 is 0 Å². The number of carbonyl (C=O) groups is 11. The van der Waals surface area contributed by atoms with E-state index in [-0.39, 0.29) is 82.4 Å². The number of aliphatic carboxylic acids is 3. The van der Waals surface area contributed by atoms with Crippen LogP contribution in [0.25, 0.3) is 0 Å².